The summed E-state index contributed by atoms with van der Waals surface area (Å²) in [4.78, 5) is 0. The molecule has 6 atom stereocenters. The van der Waals surface area contributed by atoms with Crippen molar-refractivity contribution in [1.82, 2.24) is 0 Å². The largest absolute Gasteiger partial charge is 0.0622 e. The van der Waals surface area contributed by atoms with Crippen molar-refractivity contribution < 1.29 is 0 Å². The van der Waals surface area contributed by atoms with Gasteiger partial charge in [-0.1, -0.05) is 91.0 Å². The highest BCUT2D eigenvalue weighted by Crippen LogP contribution is 2.90. The molecule has 0 bridgehead atoms. The maximum atomic E-state index is 2.67. The molecule has 0 N–H and O–H groups in total. The maximum Gasteiger partial charge on any atom is 0.0574 e. The van der Waals surface area contributed by atoms with Gasteiger partial charge in [0.05, 0.1) is 10.8 Å². The standard InChI is InChI=1S/C80H22/c1-4-10-18(11-5-1)16-78-69-59-49-43-29-27-22-21-23-25-26-24(21)32-34-28(22)30(29)44-46-45(43)57(59)66-68-58(46)60-50(44)48(34)52-38(32)42-36(26)41-40-35(25)39-37-31(23)33(27)47(49)51(37)61(69)63-53(39)54(40)64-65-55(41)56(42)67-62(52)70(60)80(20-14-8-3-9-15-20)75(67)73(65)79(72(64)71(63)78,77(74(66)78)76(68)80)17-19-12-6-2-7-13-19/h1-15,57-58,76H,16-17H2. The zero-order valence-electron chi connectivity index (χ0n) is 41.8. The van der Waals surface area contributed by atoms with Crippen LogP contribution in [0.4, 0.5) is 0 Å². The maximum absolute atomic E-state index is 2.67. The number of allylic oxidation sites excluding steroid dienone is 4. The second-order valence-corrected chi connectivity index (χ2v) is 29.2. The summed E-state index contributed by atoms with van der Waals surface area (Å²) in [5.74, 6) is 0.727. The van der Waals surface area contributed by atoms with Crippen molar-refractivity contribution in [2.24, 2.45) is 5.92 Å². The van der Waals surface area contributed by atoms with Crippen molar-refractivity contribution in [3.05, 3.63) is 186 Å². The second-order valence-electron chi connectivity index (χ2n) is 29.2. The van der Waals surface area contributed by atoms with Gasteiger partial charge in [-0.2, -0.15) is 0 Å². The summed E-state index contributed by atoms with van der Waals surface area (Å²) in [6, 6.07) is 36.8. The Labute approximate surface area is 445 Å². The summed E-state index contributed by atoms with van der Waals surface area (Å²) in [6.45, 7) is 0. The molecule has 0 saturated carbocycles. The van der Waals surface area contributed by atoms with Gasteiger partial charge >= 0.3 is 0 Å². The van der Waals surface area contributed by atoms with Crippen LogP contribution in [0.1, 0.15) is 84.2 Å². The molecule has 11 aliphatic carbocycles. The highest BCUT2D eigenvalue weighted by molar-refractivity contribution is 6.77. The molecule has 80 heavy (non-hydrogen) atoms. The van der Waals surface area contributed by atoms with Crippen molar-refractivity contribution in [1.29, 1.82) is 0 Å². The van der Waals surface area contributed by atoms with Crippen molar-refractivity contribution >= 4 is 215 Å². The molecular weight excluding hydrogens is 961 g/mol. The molecule has 0 heteroatoms. The quantitative estimate of drug-likeness (QED) is 0.151. The van der Waals surface area contributed by atoms with Gasteiger partial charge in [0.15, 0.2) is 0 Å². The lowest BCUT2D eigenvalue weighted by Crippen LogP contribution is -2.55. The highest BCUT2D eigenvalue weighted by Gasteiger charge is 2.78. The Bertz CT molecular complexity index is 7630. The van der Waals surface area contributed by atoms with Crippen LogP contribution in [-0.4, -0.2) is 0 Å². The first-order valence-electron chi connectivity index (χ1n) is 30.2. The van der Waals surface area contributed by atoms with Crippen LogP contribution < -0.4 is 0 Å². The van der Waals surface area contributed by atoms with Gasteiger partial charge < -0.3 is 0 Å². The SMILES string of the molecule is c1ccc(CC23C4=C5C6C7=C4C4c8c9c%10c%11c(c%12c%13c%14c(c%15c%16c%17c(c2c2c%18c3c4c3c8c4c%10c8c%10c%11c%13c%11c%13c%14c%16c%14c%16c%17c2c2c%17c%18c3c3c4c8c4c(c3%17)c(c2%16)c(c%14%13)c4c%10%11)C5%15Cc2ccccc2)C%126c2ccccc2)C79)cc1. The Kier molecular flexibility index (Phi) is 3.09. The molecule has 0 aliphatic heterocycles. The normalized spacial score (nSPS) is 26.8. The summed E-state index contributed by atoms with van der Waals surface area (Å²) < 4.78 is 0. The Morgan fingerprint density at radius 3 is 1.06 bits per heavy atom. The predicted octanol–water partition coefficient (Wildman–Crippen LogP) is 19.1. The lowest BCUT2D eigenvalue weighted by atomic mass is 9.42. The Morgan fingerprint density at radius 1 is 0.263 bits per heavy atom. The smallest absolute Gasteiger partial charge is 0.0574 e. The summed E-state index contributed by atoms with van der Waals surface area (Å²) in [5.41, 5.74) is 28.8. The molecule has 24 aromatic rings. The van der Waals surface area contributed by atoms with Crippen molar-refractivity contribution in [2.75, 3.05) is 0 Å². The first-order chi connectivity index (χ1) is 39.9. The fourth-order valence-electron chi connectivity index (χ4n) is 28.4. The Morgan fingerprint density at radius 2 is 0.588 bits per heavy atom. The lowest BCUT2D eigenvalue weighted by molar-refractivity contribution is 0.363. The minimum atomic E-state index is -0.372. The van der Waals surface area contributed by atoms with Crippen LogP contribution in [-0.2, 0) is 29.1 Å². The number of hydrogen-bond donors (Lipinski definition) is 0. The summed E-state index contributed by atoms with van der Waals surface area (Å²) in [6.07, 6.45) is 2.03. The molecule has 0 saturated heterocycles. The van der Waals surface area contributed by atoms with E-state index in [0.717, 1.165) is 12.8 Å². The van der Waals surface area contributed by atoms with E-state index < -0.39 is 0 Å². The van der Waals surface area contributed by atoms with E-state index in [1.807, 2.05) is 22.3 Å². The minimum absolute atomic E-state index is 0.215. The van der Waals surface area contributed by atoms with E-state index in [1.54, 1.807) is 277 Å². The van der Waals surface area contributed by atoms with Crippen molar-refractivity contribution in [2.45, 2.75) is 40.9 Å². The Hall–Kier alpha value is -9.36. The van der Waals surface area contributed by atoms with E-state index in [2.05, 4.69) is 91.0 Å². The van der Waals surface area contributed by atoms with Crippen LogP contribution >= 0.6 is 0 Å². The molecule has 342 valence electrons. The molecule has 24 aromatic carbocycles. The molecule has 0 spiro atoms. The van der Waals surface area contributed by atoms with Crippen LogP contribution in [0.15, 0.2) is 113 Å². The number of hydrogen-bond acceptors (Lipinski definition) is 0. The molecule has 0 nitrogen and oxygen atoms in total. The lowest BCUT2D eigenvalue weighted by Gasteiger charge is -2.58. The van der Waals surface area contributed by atoms with Crippen molar-refractivity contribution in [3.8, 4) is 0 Å². The average molecular weight is 983 g/mol. The van der Waals surface area contributed by atoms with Gasteiger partial charge in [-0.25, -0.2) is 0 Å². The van der Waals surface area contributed by atoms with E-state index in [1.165, 1.54) is 11.1 Å². The third-order valence-corrected chi connectivity index (χ3v) is 28.5. The monoisotopic (exact) mass is 982 g/mol. The van der Waals surface area contributed by atoms with Crippen LogP contribution in [0.5, 0.6) is 0 Å². The van der Waals surface area contributed by atoms with E-state index in [9.17, 15) is 0 Å². The highest BCUT2D eigenvalue weighted by atomic mass is 14.8. The predicted molar refractivity (Wildman–Crippen MR) is 327 cm³/mol. The molecule has 0 fully saturated rings. The van der Waals surface area contributed by atoms with E-state index in [4.69, 9.17) is 0 Å². The van der Waals surface area contributed by atoms with E-state index in [-0.39, 0.29) is 34.0 Å². The molecule has 35 rings (SSSR count). The molecule has 0 radical (unpaired) electrons. The number of benzene rings is 18. The molecule has 0 amide bonds. The van der Waals surface area contributed by atoms with Crippen LogP contribution in [0.25, 0.3) is 215 Å². The topological polar surface area (TPSA) is 0 Å². The summed E-state index contributed by atoms with van der Waals surface area (Å²) in [7, 11) is 0. The summed E-state index contributed by atoms with van der Waals surface area (Å²) >= 11 is 0. The van der Waals surface area contributed by atoms with Gasteiger partial charge in [-0.05, 0) is 323 Å². The van der Waals surface area contributed by atoms with Gasteiger partial charge in [-0.15, -0.1) is 0 Å². The van der Waals surface area contributed by atoms with Gasteiger partial charge in [-0.3, -0.25) is 0 Å². The van der Waals surface area contributed by atoms with Crippen molar-refractivity contribution in [3.63, 3.8) is 0 Å². The van der Waals surface area contributed by atoms with Gasteiger partial charge in [0.2, 0.25) is 0 Å². The first-order valence-corrected chi connectivity index (χ1v) is 30.2. The molecule has 0 aromatic heterocycles. The fraction of sp³-hybridized carbons (Fsp3) is 0.100. The van der Waals surface area contributed by atoms with Crippen LogP contribution in [0.2, 0.25) is 0 Å². The van der Waals surface area contributed by atoms with Gasteiger partial charge in [0.1, 0.15) is 0 Å². The molecule has 11 aliphatic rings. The van der Waals surface area contributed by atoms with E-state index >= 15 is 0 Å². The van der Waals surface area contributed by atoms with Crippen LogP contribution in [0, 0.1) is 5.92 Å². The molecular formula is C80H22. The third-order valence-electron chi connectivity index (χ3n) is 28.5. The fourth-order valence-corrected chi connectivity index (χ4v) is 28.4. The Balaban J connectivity index is 1.07. The van der Waals surface area contributed by atoms with Gasteiger partial charge in [0, 0.05) is 23.2 Å². The first kappa shape index (κ1) is 31.9. The average Bonchev–Trinajstić information content (AvgIpc) is 1.85. The van der Waals surface area contributed by atoms with E-state index in [0.29, 0.717) is 0 Å². The molecule has 6 unspecified atom stereocenters. The molecule has 0 heterocycles. The summed E-state index contributed by atoms with van der Waals surface area (Å²) in [5, 5.41) is 67.4. The second kappa shape index (κ2) is 7.76. The minimum Gasteiger partial charge on any atom is -0.0622 e. The van der Waals surface area contributed by atoms with Gasteiger partial charge in [0.25, 0.3) is 0 Å². The number of rotatable bonds is 5. The third kappa shape index (κ3) is 1.88. The zero-order valence-corrected chi connectivity index (χ0v) is 41.8. The zero-order chi connectivity index (χ0) is 48.2. The van der Waals surface area contributed by atoms with Crippen LogP contribution in [0.3, 0.4) is 0 Å².